The highest BCUT2D eigenvalue weighted by Crippen LogP contribution is 2.28. The molecule has 1 aromatic carbocycles. The fourth-order valence-corrected chi connectivity index (χ4v) is 3.44. The van der Waals surface area contributed by atoms with E-state index in [1.165, 1.54) is 24.4 Å². The highest BCUT2D eigenvalue weighted by molar-refractivity contribution is 7.09. The standard InChI is InChI=1S/C15H20N4S/c16-9-6-12-7-10-19(11-8-12)15-17-14(18-20-15)13-4-2-1-3-5-13/h1-5,12H,6-11,16H2. The SMILES string of the molecule is NCCC1CCN(c2nc(-c3ccccc3)ns2)CC1. The maximum atomic E-state index is 5.64. The zero-order chi connectivity index (χ0) is 13.8. The number of hydrogen-bond acceptors (Lipinski definition) is 5. The molecule has 1 aliphatic heterocycles. The third-order valence-electron chi connectivity index (χ3n) is 3.91. The summed E-state index contributed by atoms with van der Waals surface area (Å²) in [7, 11) is 0. The van der Waals surface area contributed by atoms with Crippen LogP contribution >= 0.6 is 11.5 Å². The number of benzene rings is 1. The molecule has 0 saturated carbocycles. The van der Waals surface area contributed by atoms with Crippen molar-refractivity contribution in [2.45, 2.75) is 19.3 Å². The van der Waals surface area contributed by atoms with Crippen molar-refractivity contribution in [1.29, 1.82) is 0 Å². The lowest BCUT2D eigenvalue weighted by Gasteiger charge is -2.31. The van der Waals surface area contributed by atoms with Gasteiger partial charge in [0.15, 0.2) is 5.82 Å². The van der Waals surface area contributed by atoms with Crippen LogP contribution in [0.5, 0.6) is 0 Å². The van der Waals surface area contributed by atoms with Crippen LogP contribution in [0.2, 0.25) is 0 Å². The predicted molar refractivity (Wildman–Crippen MR) is 84.0 cm³/mol. The first kappa shape index (κ1) is 13.5. The molecule has 5 heteroatoms. The molecule has 4 nitrogen and oxygen atoms in total. The van der Waals surface area contributed by atoms with Gasteiger partial charge in [-0.1, -0.05) is 30.3 Å². The second-order valence-corrected chi connectivity index (χ2v) is 6.00. The van der Waals surface area contributed by atoms with Crippen molar-refractivity contribution in [2.75, 3.05) is 24.5 Å². The summed E-state index contributed by atoms with van der Waals surface area (Å²) < 4.78 is 4.49. The Morgan fingerprint density at radius 3 is 2.65 bits per heavy atom. The lowest BCUT2D eigenvalue weighted by molar-refractivity contribution is 0.386. The summed E-state index contributed by atoms with van der Waals surface area (Å²) in [5.41, 5.74) is 6.73. The summed E-state index contributed by atoms with van der Waals surface area (Å²) >= 11 is 1.51. The van der Waals surface area contributed by atoms with Gasteiger partial charge in [0.1, 0.15) is 0 Å². The van der Waals surface area contributed by atoms with Gasteiger partial charge in [-0.3, -0.25) is 0 Å². The van der Waals surface area contributed by atoms with Gasteiger partial charge in [0.2, 0.25) is 5.13 Å². The minimum Gasteiger partial charge on any atom is -0.347 e. The first-order chi connectivity index (χ1) is 9.86. The molecule has 0 aliphatic carbocycles. The maximum absolute atomic E-state index is 5.64. The topological polar surface area (TPSA) is 55.0 Å². The van der Waals surface area contributed by atoms with Crippen LogP contribution in [0.15, 0.2) is 30.3 Å². The Balaban J connectivity index is 1.66. The van der Waals surface area contributed by atoms with Gasteiger partial charge in [0.05, 0.1) is 0 Å². The van der Waals surface area contributed by atoms with Gasteiger partial charge in [-0.25, -0.2) is 0 Å². The lowest BCUT2D eigenvalue weighted by Crippen LogP contribution is -2.34. The highest BCUT2D eigenvalue weighted by Gasteiger charge is 2.21. The van der Waals surface area contributed by atoms with E-state index in [1.807, 2.05) is 18.2 Å². The van der Waals surface area contributed by atoms with E-state index in [0.29, 0.717) is 0 Å². The molecule has 2 heterocycles. The number of nitrogens with zero attached hydrogens (tertiary/aromatic N) is 3. The van der Waals surface area contributed by atoms with Crippen molar-refractivity contribution in [3.8, 4) is 11.4 Å². The Hall–Kier alpha value is -1.46. The van der Waals surface area contributed by atoms with Gasteiger partial charge in [0.25, 0.3) is 0 Å². The van der Waals surface area contributed by atoms with Gasteiger partial charge in [-0.15, -0.1) is 0 Å². The van der Waals surface area contributed by atoms with Crippen LogP contribution in [0.1, 0.15) is 19.3 Å². The van der Waals surface area contributed by atoms with E-state index >= 15 is 0 Å². The van der Waals surface area contributed by atoms with E-state index in [-0.39, 0.29) is 0 Å². The number of rotatable bonds is 4. The van der Waals surface area contributed by atoms with Crippen molar-refractivity contribution < 1.29 is 0 Å². The van der Waals surface area contributed by atoms with Crippen molar-refractivity contribution >= 4 is 16.7 Å². The summed E-state index contributed by atoms with van der Waals surface area (Å²) in [5, 5.41) is 1.05. The summed E-state index contributed by atoms with van der Waals surface area (Å²) in [4.78, 5) is 7.04. The molecule has 2 aromatic rings. The van der Waals surface area contributed by atoms with Crippen LogP contribution in [0, 0.1) is 5.92 Å². The first-order valence-electron chi connectivity index (χ1n) is 7.21. The van der Waals surface area contributed by atoms with Crippen molar-refractivity contribution in [2.24, 2.45) is 11.7 Å². The monoisotopic (exact) mass is 288 g/mol. The first-order valence-corrected chi connectivity index (χ1v) is 7.98. The predicted octanol–water partition coefficient (Wildman–Crippen LogP) is 2.77. The number of piperidine rings is 1. The minimum atomic E-state index is 0.790. The number of aromatic nitrogens is 2. The quantitative estimate of drug-likeness (QED) is 0.940. The molecule has 0 bridgehead atoms. The van der Waals surface area contributed by atoms with Crippen LogP contribution in [0.3, 0.4) is 0 Å². The average molecular weight is 288 g/mol. The molecule has 0 spiro atoms. The molecule has 1 saturated heterocycles. The zero-order valence-corrected chi connectivity index (χ0v) is 12.4. The van der Waals surface area contributed by atoms with E-state index in [0.717, 1.165) is 48.5 Å². The number of hydrogen-bond donors (Lipinski definition) is 1. The Morgan fingerprint density at radius 1 is 1.20 bits per heavy atom. The van der Waals surface area contributed by atoms with Crippen molar-refractivity contribution in [1.82, 2.24) is 9.36 Å². The van der Waals surface area contributed by atoms with Crippen LogP contribution in [0.25, 0.3) is 11.4 Å². The molecule has 0 amide bonds. The molecule has 1 fully saturated rings. The summed E-state index contributed by atoms with van der Waals surface area (Å²) in [5.74, 6) is 1.63. The molecule has 2 N–H and O–H groups in total. The van der Waals surface area contributed by atoms with Crippen LogP contribution in [0.4, 0.5) is 5.13 Å². The van der Waals surface area contributed by atoms with Gasteiger partial charge in [0, 0.05) is 30.2 Å². The average Bonchev–Trinajstić information content (AvgIpc) is 2.99. The summed E-state index contributed by atoms with van der Waals surface area (Å²) in [6.07, 6.45) is 3.59. The largest absolute Gasteiger partial charge is 0.347 e. The van der Waals surface area contributed by atoms with E-state index in [4.69, 9.17) is 5.73 Å². The van der Waals surface area contributed by atoms with Crippen molar-refractivity contribution in [3.63, 3.8) is 0 Å². The number of nitrogens with two attached hydrogens (primary N) is 1. The molecule has 0 unspecified atom stereocenters. The van der Waals surface area contributed by atoms with E-state index < -0.39 is 0 Å². The Morgan fingerprint density at radius 2 is 1.95 bits per heavy atom. The van der Waals surface area contributed by atoms with Crippen LogP contribution < -0.4 is 10.6 Å². The lowest BCUT2D eigenvalue weighted by atomic mass is 9.94. The van der Waals surface area contributed by atoms with Crippen molar-refractivity contribution in [3.05, 3.63) is 30.3 Å². The van der Waals surface area contributed by atoms with Gasteiger partial charge in [-0.05, 0) is 31.7 Å². The second-order valence-electron chi connectivity index (χ2n) is 5.27. The van der Waals surface area contributed by atoms with Crippen LogP contribution in [-0.2, 0) is 0 Å². The number of anilines is 1. The molecule has 20 heavy (non-hydrogen) atoms. The molecule has 1 aliphatic rings. The van der Waals surface area contributed by atoms with E-state index in [1.54, 1.807) is 0 Å². The molecule has 1 aromatic heterocycles. The molecule has 106 valence electrons. The zero-order valence-electron chi connectivity index (χ0n) is 11.5. The van der Waals surface area contributed by atoms with Gasteiger partial charge < -0.3 is 10.6 Å². The third kappa shape index (κ3) is 2.99. The smallest absolute Gasteiger partial charge is 0.205 e. The summed E-state index contributed by atoms with van der Waals surface area (Å²) in [6, 6.07) is 10.2. The Bertz CT molecular complexity index is 532. The highest BCUT2D eigenvalue weighted by atomic mass is 32.1. The van der Waals surface area contributed by atoms with E-state index in [9.17, 15) is 0 Å². The molecular formula is C15H20N4S. The van der Waals surface area contributed by atoms with Gasteiger partial charge in [-0.2, -0.15) is 9.36 Å². The van der Waals surface area contributed by atoms with Gasteiger partial charge >= 0.3 is 0 Å². The molecular weight excluding hydrogens is 268 g/mol. The molecule has 0 radical (unpaired) electrons. The fraction of sp³-hybridized carbons (Fsp3) is 0.467. The molecule has 0 atom stereocenters. The fourth-order valence-electron chi connectivity index (χ4n) is 2.70. The summed E-state index contributed by atoms with van der Waals surface area (Å²) in [6.45, 7) is 2.96. The van der Waals surface area contributed by atoms with E-state index in [2.05, 4.69) is 26.4 Å². The van der Waals surface area contributed by atoms with Crippen LogP contribution in [-0.4, -0.2) is 29.0 Å². The normalized spacial score (nSPS) is 16.6. The minimum absolute atomic E-state index is 0.790. The third-order valence-corrected chi connectivity index (χ3v) is 4.68. The Labute approximate surface area is 123 Å². The molecule has 3 rings (SSSR count). The Kier molecular flexibility index (Phi) is 4.28. The second kappa shape index (κ2) is 6.33. The maximum Gasteiger partial charge on any atom is 0.205 e.